The highest BCUT2D eigenvalue weighted by Crippen LogP contribution is 2.37. The molecule has 0 radical (unpaired) electrons. The average Bonchev–Trinajstić information content (AvgIpc) is 2.79. The molecule has 0 N–H and O–H groups in total. The van der Waals surface area contributed by atoms with Crippen LogP contribution in [-0.4, -0.2) is 19.9 Å². The van der Waals surface area contributed by atoms with Crippen molar-refractivity contribution in [3.8, 4) is 45.8 Å². The lowest BCUT2D eigenvalue weighted by Crippen LogP contribution is -2.02. The largest absolute Gasteiger partial charge is 0.264 e. The van der Waals surface area contributed by atoms with Gasteiger partial charge in [0.15, 0.2) is 0 Å². The molecule has 0 aliphatic heterocycles. The first-order valence-corrected chi connectivity index (χ1v) is 8.43. The number of nitriles is 2. The maximum atomic E-state index is 9.95. The molecule has 0 spiro atoms. The van der Waals surface area contributed by atoms with Crippen LogP contribution >= 0.6 is 0 Å². The summed E-state index contributed by atoms with van der Waals surface area (Å²) >= 11 is 0. The Balaban J connectivity index is 2.15. The summed E-state index contributed by atoms with van der Waals surface area (Å²) in [6, 6.07) is 15.3. The zero-order valence-corrected chi connectivity index (χ0v) is 14.6. The van der Waals surface area contributed by atoms with Crippen molar-refractivity contribution in [3.63, 3.8) is 0 Å². The fraction of sp³-hybridized carbons (Fsp3) is 0. The molecule has 0 saturated carbocycles. The van der Waals surface area contributed by atoms with Gasteiger partial charge < -0.3 is 0 Å². The lowest BCUT2D eigenvalue weighted by atomic mass is 9.91. The van der Waals surface area contributed by atoms with Crippen LogP contribution in [0, 0.1) is 22.7 Å². The van der Waals surface area contributed by atoms with Crippen LogP contribution in [0.5, 0.6) is 0 Å². The highest BCUT2D eigenvalue weighted by molar-refractivity contribution is 5.88. The summed E-state index contributed by atoms with van der Waals surface area (Å²) in [6.07, 6.45) is 9.89. The van der Waals surface area contributed by atoms with Gasteiger partial charge in [-0.1, -0.05) is 6.07 Å². The number of aromatic nitrogens is 4. The SMILES string of the molecule is N#Cc1c(-c2cccnc2)nc(-c2cccnc2)c(C#N)c1-c1cccnc1. The van der Waals surface area contributed by atoms with E-state index >= 15 is 0 Å². The molecule has 130 valence electrons. The van der Waals surface area contributed by atoms with Crippen LogP contribution in [-0.2, 0) is 0 Å². The molecule has 0 amide bonds. The van der Waals surface area contributed by atoms with E-state index in [1.54, 1.807) is 55.4 Å². The second kappa shape index (κ2) is 7.45. The molecule has 4 aromatic heterocycles. The fourth-order valence-corrected chi connectivity index (χ4v) is 3.03. The highest BCUT2D eigenvalue weighted by Gasteiger charge is 2.23. The molecule has 0 saturated heterocycles. The summed E-state index contributed by atoms with van der Waals surface area (Å²) < 4.78 is 0. The summed E-state index contributed by atoms with van der Waals surface area (Å²) in [4.78, 5) is 17.1. The summed E-state index contributed by atoms with van der Waals surface area (Å²) in [5, 5.41) is 19.9. The van der Waals surface area contributed by atoms with Gasteiger partial charge >= 0.3 is 0 Å². The third-order valence-corrected chi connectivity index (χ3v) is 4.24. The van der Waals surface area contributed by atoms with Gasteiger partial charge in [0.05, 0.1) is 22.5 Å². The minimum atomic E-state index is 0.310. The van der Waals surface area contributed by atoms with Gasteiger partial charge in [0.1, 0.15) is 12.1 Å². The second-order valence-electron chi connectivity index (χ2n) is 5.88. The van der Waals surface area contributed by atoms with Crippen LogP contribution in [0.1, 0.15) is 11.1 Å². The van der Waals surface area contributed by atoms with E-state index in [0.717, 1.165) is 0 Å². The quantitative estimate of drug-likeness (QED) is 0.547. The molecular formula is C22H12N6. The minimum absolute atomic E-state index is 0.310. The highest BCUT2D eigenvalue weighted by atomic mass is 14.8. The third-order valence-electron chi connectivity index (χ3n) is 4.24. The number of hydrogen-bond acceptors (Lipinski definition) is 6. The smallest absolute Gasteiger partial charge is 0.102 e. The van der Waals surface area contributed by atoms with Crippen molar-refractivity contribution >= 4 is 0 Å². The first-order valence-electron chi connectivity index (χ1n) is 8.43. The maximum absolute atomic E-state index is 9.95. The lowest BCUT2D eigenvalue weighted by molar-refractivity contribution is 1.23. The Bertz CT molecular complexity index is 1130. The van der Waals surface area contributed by atoms with Crippen LogP contribution in [0.4, 0.5) is 0 Å². The summed E-state index contributed by atoms with van der Waals surface area (Å²) in [5.41, 5.74) is 4.12. The summed E-state index contributed by atoms with van der Waals surface area (Å²) in [6.45, 7) is 0. The molecule has 28 heavy (non-hydrogen) atoms. The Labute approximate surface area is 161 Å². The third kappa shape index (κ3) is 2.96. The van der Waals surface area contributed by atoms with E-state index in [2.05, 4.69) is 27.1 Å². The predicted octanol–water partition coefficient (Wildman–Crippen LogP) is 4.01. The molecule has 0 aromatic carbocycles. The molecule has 0 bridgehead atoms. The summed E-state index contributed by atoms with van der Waals surface area (Å²) in [5.74, 6) is 0. The van der Waals surface area contributed by atoms with Crippen molar-refractivity contribution in [2.24, 2.45) is 0 Å². The van der Waals surface area contributed by atoms with Gasteiger partial charge in [-0.2, -0.15) is 10.5 Å². The van der Waals surface area contributed by atoms with Crippen LogP contribution in [0.2, 0.25) is 0 Å². The van der Waals surface area contributed by atoms with Gasteiger partial charge in [-0.25, -0.2) is 4.98 Å². The number of nitrogens with zero attached hydrogens (tertiary/aromatic N) is 6. The first kappa shape index (κ1) is 17.0. The topological polar surface area (TPSA) is 99.1 Å². The first-order chi connectivity index (χ1) is 13.8. The van der Waals surface area contributed by atoms with Gasteiger partial charge in [0.2, 0.25) is 0 Å². The van der Waals surface area contributed by atoms with Crippen molar-refractivity contribution in [2.45, 2.75) is 0 Å². The van der Waals surface area contributed by atoms with Gasteiger partial charge in [0.25, 0.3) is 0 Å². The monoisotopic (exact) mass is 360 g/mol. The predicted molar refractivity (Wildman–Crippen MR) is 103 cm³/mol. The average molecular weight is 360 g/mol. The van der Waals surface area contributed by atoms with Crippen molar-refractivity contribution in [1.29, 1.82) is 10.5 Å². The van der Waals surface area contributed by atoms with E-state index < -0.39 is 0 Å². The Kier molecular flexibility index (Phi) is 4.53. The fourth-order valence-electron chi connectivity index (χ4n) is 3.03. The van der Waals surface area contributed by atoms with Gasteiger partial charge in [-0.05, 0) is 30.3 Å². The Morgan fingerprint density at radius 3 is 1.39 bits per heavy atom. The Morgan fingerprint density at radius 2 is 1.04 bits per heavy atom. The Morgan fingerprint density at radius 1 is 0.607 bits per heavy atom. The molecule has 6 heteroatoms. The second-order valence-corrected chi connectivity index (χ2v) is 5.88. The Hall–Kier alpha value is -4.42. The van der Waals surface area contributed by atoms with Gasteiger partial charge in [0, 0.05) is 59.4 Å². The lowest BCUT2D eigenvalue weighted by Gasteiger charge is -2.15. The van der Waals surface area contributed by atoms with Crippen molar-refractivity contribution in [1.82, 2.24) is 19.9 Å². The van der Waals surface area contributed by atoms with E-state index in [1.807, 2.05) is 18.2 Å². The molecule has 0 atom stereocenters. The standard InChI is InChI=1S/C22H12N6/c23-10-18-20(15-4-1-7-25-12-15)19(11-24)22(17-6-3-9-27-14-17)28-21(18)16-5-2-8-26-13-16/h1-9,12-14H. The molecule has 0 aliphatic rings. The van der Waals surface area contributed by atoms with E-state index in [4.69, 9.17) is 4.98 Å². The van der Waals surface area contributed by atoms with Crippen molar-refractivity contribution in [2.75, 3.05) is 0 Å². The van der Waals surface area contributed by atoms with Crippen LogP contribution in [0.25, 0.3) is 33.6 Å². The number of hydrogen-bond donors (Lipinski definition) is 0. The van der Waals surface area contributed by atoms with E-state index in [1.165, 1.54) is 0 Å². The molecule has 4 heterocycles. The van der Waals surface area contributed by atoms with Crippen molar-refractivity contribution in [3.05, 3.63) is 84.7 Å². The zero-order chi connectivity index (χ0) is 19.3. The number of pyridine rings is 4. The molecular weight excluding hydrogens is 348 g/mol. The van der Waals surface area contributed by atoms with Crippen LogP contribution < -0.4 is 0 Å². The normalized spacial score (nSPS) is 10.1. The van der Waals surface area contributed by atoms with E-state index in [0.29, 0.717) is 44.8 Å². The van der Waals surface area contributed by atoms with E-state index in [-0.39, 0.29) is 0 Å². The van der Waals surface area contributed by atoms with E-state index in [9.17, 15) is 10.5 Å². The van der Waals surface area contributed by atoms with Gasteiger partial charge in [-0.3, -0.25) is 15.0 Å². The molecule has 0 aliphatic carbocycles. The maximum Gasteiger partial charge on any atom is 0.102 e. The zero-order valence-electron chi connectivity index (χ0n) is 14.6. The molecule has 0 unspecified atom stereocenters. The molecule has 0 fully saturated rings. The van der Waals surface area contributed by atoms with Crippen LogP contribution in [0.3, 0.4) is 0 Å². The van der Waals surface area contributed by atoms with Gasteiger partial charge in [-0.15, -0.1) is 0 Å². The van der Waals surface area contributed by atoms with Crippen LogP contribution in [0.15, 0.2) is 73.6 Å². The molecule has 6 nitrogen and oxygen atoms in total. The molecule has 4 rings (SSSR count). The minimum Gasteiger partial charge on any atom is -0.264 e. The van der Waals surface area contributed by atoms with Crippen molar-refractivity contribution < 1.29 is 0 Å². The number of rotatable bonds is 3. The summed E-state index contributed by atoms with van der Waals surface area (Å²) in [7, 11) is 0. The molecule has 4 aromatic rings.